The molecule has 0 saturated heterocycles. The van der Waals surface area contributed by atoms with Gasteiger partial charge in [0.1, 0.15) is 12.1 Å². The molecule has 1 aliphatic rings. The summed E-state index contributed by atoms with van der Waals surface area (Å²) in [5.41, 5.74) is 1.23. The molecule has 2 N–H and O–H groups in total. The minimum absolute atomic E-state index is 0.0127. The number of benzene rings is 3. The number of carboxylic acid groups (broad SMARTS) is 2. The predicted octanol–water partition coefficient (Wildman–Crippen LogP) is 4.40. The maximum atomic E-state index is 13.6. The van der Waals surface area contributed by atoms with Gasteiger partial charge in [0.25, 0.3) is 0 Å². The van der Waals surface area contributed by atoms with E-state index in [1.54, 1.807) is 54.6 Å². The molecule has 34 heavy (non-hydrogen) atoms. The predicted molar refractivity (Wildman–Crippen MR) is 127 cm³/mol. The second kappa shape index (κ2) is 8.87. The highest BCUT2D eigenvalue weighted by Gasteiger charge is 2.68. The SMILES string of the molecule is Cc1cccc([C@@H]2C[C@@]2(C(=O)O)N(CC(=O)O)S(=O)(=O)c2ccc(-c3ccc(Cl)cc3)cc2)c1. The molecule has 3 aromatic carbocycles. The molecule has 1 saturated carbocycles. The summed E-state index contributed by atoms with van der Waals surface area (Å²) in [6.07, 6.45) is -0.0127. The first kappa shape index (κ1) is 23.9. The normalized spacial score (nSPS) is 19.7. The first-order chi connectivity index (χ1) is 16.1. The van der Waals surface area contributed by atoms with Gasteiger partial charge in [0.05, 0.1) is 4.90 Å². The Kier molecular flexibility index (Phi) is 6.24. The van der Waals surface area contributed by atoms with Crippen LogP contribution in [-0.4, -0.2) is 47.0 Å². The van der Waals surface area contributed by atoms with Gasteiger partial charge in [-0.3, -0.25) is 9.59 Å². The van der Waals surface area contributed by atoms with Crippen LogP contribution in [0.3, 0.4) is 0 Å². The molecule has 0 aromatic heterocycles. The monoisotopic (exact) mass is 499 g/mol. The molecule has 1 aliphatic carbocycles. The standard InChI is InChI=1S/C25H22ClNO6S/c1-16-3-2-4-19(13-16)22-14-25(22,24(30)31)27(15-23(28)29)34(32,33)21-11-7-18(8-12-21)17-5-9-20(26)10-6-17/h2-13,22H,14-15H2,1H3,(H,28,29)(H,30,31)/t22-,25+/m0/s1. The average Bonchev–Trinajstić information content (AvgIpc) is 3.55. The first-order valence-corrected chi connectivity index (χ1v) is 12.3. The van der Waals surface area contributed by atoms with Crippen LogP contribution in [0.15, 0.2) is 77.7 Å². The lowest BCUT2D eigenvalue weighted by molar-refractivity contribution is -0.145. The number of hydrogen-bond acceptors (Lipinski definition) is 4. The van der Waals surface area contributed by atoms with E-state index in [1.807, 2.05) is 13.0 Å². The van der Waals surface area contributed by atoms with Crippen LogP contribution in [0, 0.1) is 6.92 Å². The zero-order valence-corrected chi connectivity index (χ0v) is 19.8. The molecule has 4 rings (SSSR count). The van der Waals surface area contributed by atoms with Gasteiger partial charge >= 0.3 is 11.9 Å². The zero-order valence-electron chi connectivity index (χ0n) is 18.2. The maximum Gasteiger partial charge on any atom is 0.325 e. The topological polar surface area (TPSA) is 112 Å². The Morgan fingerprint density at radius 2 is 1.59 bits per heavy atom. The fourth-order valence-electron chi connectivity index (χ4n) is 4.30. The van der Waals surface area contributed by atoms with Crippen molar-refractivity contribution in [2.75, 3.05) is 6.54 Å². The summed E-state index contributed by atoms with van der Waals surface area (Å²) in [4.78, 5) is 23.9. The van der Waals surface area contributed by atoms with Gasteiger partial charge in [0.15, 0.2) is 0 Å². The summed E-state index contributed by atoms with van der Waals surface area (Å²) < 4.78 is 27.8. The van der Waals surface area contributed by atoms with Crippen molar-refractivity contribution >= 4 is 33.6 Å². The molecule has 3 aromatic rings. The van der Waals surface area contributed by atoms with Crippen LogP contribution in [0.1, 0.15) is 23.5 Å². The number of halogens is 1. The number of carboxylic acids is 2. The van der Waals surface area contributed by atoms with E-state index >= 15 is 0 Å². The van der Waals surface area contributed by atoms with Crippen LogP contribution in [0.25, 0.3) is 11.1 Å². The fourth-order valence-corrected chi connectivity index (χ4v) is 6.15. The number of aryl methyl sites for hydroxylation is 1. The lowest BCUT2D eigenvalue weighted by Crippen LogP contribution is -2.50. The van der Waals surface area contributed by atoms with Crippen LogP contribution < -0.4 is 0 Å². The van der Waals surface area contributed by atoms with Crippen LogP contribution in [0.5, 0.6) is 0 Å². The molecular weight excluding hydrogens is 478 g/mol. The molecule has 9 heteroatoms. The van der Waals surface area contributed by atoms with E-state index < -0.39 is 40.0 Å². The van der Waals surface area contributed by atoms with Gasteiger partial charge in [-0.1, -0.05) is 65.7 Å². The second-order valence-corrected chi connectivity index (χ2v) is 10.6. The summed E-state index contributed by atoms with van der Waals surface area (Å²) in [7, 11) is -4.44. The number of nitrogens with zero attached hydrogens (tertiary/aromatic N) is 1. The van der Waals surface area contributed by atoms with Crippen molar-refractivity contribution in [3.63, 3.8) is 0 Å². The molecule has 176 valence electrons. The van der Waals surface area contributed by atoms with Gasteiger partial charge in [-0.25, -0.2) is 8.42 Å². The molecule has 0 spiro atoms. The minimum atomic E-state index is -4.44. The smallest absolute Gasteiger partial charge is 0.325 e. The van der Waals surface area contributed by atoms with Gasteiger partial charge in [-0.2, -0.15) is 4.31 Å². The van der Waals surface area contributed by atoms with E-state index in [0.717, 1.165) is 16.7 Å². The third-order valence-corrected chi connectivity index (χ3v) is 8.25. The van der Waals surface area contributed by atoms with Crippen molar-refractivity contribution in [3.8, 4) is 11.1 Å². The van der Waals surface area contributed by atoms with E-state index in [9.17, 15) is 28.2 Å². The van der Waals surface area contributed by atoms with Gasteiger partial charge in [0, 0.05) is 10.9 Å². The third kappa shape index (κ3) is 4.32. The van der Waals surface area contributed by atoms with Gasteiger partial charge < -0.3 is 10.2 Å². The molecular formula is C25H22ClNO6S. The summed E-state index contributed by atoms with van der Waals surface area (Å²) in [6.45, 7) is 0.887. The molecule has 0 heterocycles. The maximum absolute atomic E-state index is 13.6. The number of rotatable bonds is 8. The third-order valence-electron chi connectivity index (χ3n) is 6.09. The quantitative estimate of drug-likeness (QED) is 0.475. The van der Waals surface area contributed by atoms with E-state index in [4.69, 9.17) is 11.6 Å². The van der Waals surface area contributed by atoms with E-state index in [1.165, 1.54) is 12.1 Å². The fraction of sp³-hybridized carbons (Fsp3) is 0.200. The Labute approximate surface area is 202 Å². The summed E-state index contributed by atoms with van der Waals surface area (Å²) in [5.74, 6) is -3.47. The Morgan fingerprint density at radius 3 is 2.12 bits per heavy atom. The highest BCUT2D eigenvalue weighted by Crippen LogP contribution is 2.57. The highest BCUT2D eigenvalue weighted by molar-refractivity contribution is 7.89. The van der Waals surface area contributed by atoms with Crippen LogP contribution in [0.4, 0.5) is 0 Å². The van der Waals surface area contributed by atoms with E-state index in [2.05, 4.69) is 0 Å². The average molecular weight is 500 g/mol. The van der Waals surface area contributed by atoms with Crippen molar-refractivity contribution in [2.24, 2.45) is 0 Å². The highest BCUT2D eigenvalue weighted by atomic mass is 35.5. The summed E-state index contributed by atoms with van der Waals surface area (Å²) >= 11 is 5.92. The van der Waals surface area contributed by atoms with Gasteiger partial charge in [0.2, 0.25) is 10.0 Å². The van der Waals surface area contributed by atoms with Crippen molar-refractivity contribution in [1.82, 2.24) is 4.31 Å². The van der Waals surface area contributed by atoms with E-state index in [-0.39, 0.29) is 11.3 Å². The lowest BCUT2D eigenvalue weighted by atomic mass is 10.0. The van der Waals surface area contributed by atoms with Crippen molar-refractivity contribution in [1.29, 1.82) is 0 Å². The lowest BCUT2D eigenvalue weighted by Gasteiger charge is -2.28. The molecule has 2 atom stereocenters. The number of hydrogen-bond donors (Lipinski definition) is 2. The van der Waals surface area contributed by atoms with Gasteiger partial charge in [-0.05, 0) is 54.3 Å². The summed E-state index contributed by atoms with van der Waals surface area (Å²) in [5, 5.41) is 20.1. The molecule has 0 aliphatic heterocycles. The number of sulfonamides is 1. The Hall–Kier alpha value is -3.20. The summed E-state index contributed by atoms with van der Waals surface area (Å²) in [6, 6.07) is 20.0. The molecule has 0 unspecified atom stereocenters. The Bertz CT molecular complexity index is 1350. The van der Waals surface area contributed by atoms with E-state index in [0.29, 0.717) is 14.9 Å². The van der Waals surface area contributed by atoms with Gasteiger partial charge in [-0.15, -0.1) is 0 Å². The zero-order chi connectivity index (χ0) is 24.7. The van der Waals surface area contributed by atoms with Crippen LogP contribution >= 0.6 is 11.6 Å². The van der Waals surface area contributed by atoms with Crippen LogP contribution in [0.2, 0.25) is 5.02 Å². The Morgan fingerprint density at radius 1 is 1.00 bits per heavy atom. The molecule has 0 radical (unpaired) electrons. The first-order valence-electron chi connectivity index (χ1n) is 10.5. The van der Waals surface area contributed by atoms with Crippen LogP contribution in [-0.2, 0) is 19.6 Å². The Balaban J connectivity index is 1.73. The molecule has 0 bridgehead atoms. The molecule has 0 amide bonds. The number of carbonyl (C=O) groups is 2. The minimum Gasteiger partial charge on any atom is -0.480 e. The number of aliphatic carboxylic acids is 2. The molecule has 1 fully saturated rings. The van der Waals surface area contributed by atoms with Crippen molar-refractivity contribution in [3.05, 3.63) is 88.9 Å². The largest absolute Gasteiger partial charge is 0.480 e. The van der Waals surface area contributed by atoms with Crippen molar-refractivity contribution < 1.29 is 28.2 Å². The molecule has 7 nitrogen and oxygen atoms in total. The van der Waals surface area contributed by atoms with Crippen molar-refractivity contribution in [2.45, 2.75) is 29.7 Å². The second-order valence-electron chi connectivity index (χ2n) is 8.34.